The van der Waals surface area contributed by atoms with Crippen molar-refractivity contribution in [2.45, 2.75) is 63.1 Å². The average molecular weight is 676 g/mol. The van der Waals surface area contributed by atoms with Crippen LogP contribution in [-0.4, -0.2) is 42.2 Å². The summed E-state index contributed by atoms with van der Waals surface area (Å²) >= 11 is 3.52. The van der Waals surface area contributed by atoms with Gasteiger partial charge in [0.2, 0.25) is 5.90 Å². The molecule has 1 heterocycles. The largest absolute Gasteiger partial charge is 0.494 e. The Morgan fingerprint density at radius 3 is 2.58 bits per heavy atom. The first-order valence-corrected chi connectivity index (χ1v) is 16.3. The Kier molecular flexibility index (Phi) is 11.5. The molecule has 0 saturated heterocycles. The molecular formula is C34H39BrN6O4. The molecule has 0 spiro atoms. The zero-order valence-electron chi connectivity index (χ0n) is 25.2. The Bertz CT molecular complexity index is 1500. The first kappa shape index (κ1) is 32.5. The number of aliphatic hydroxyl groups excluding tert-OH is 1. The SMILES string of the molecule is [N-]=[N+]=NCc1ccccc1[C@@H]1OC(c2ccc(OCCCO)cc2)=N[C@]1(Cc1ccc(Br)cc1)C(=O)NNCC1CCCCC1. The second-order valence-corrected chi connectivity index (χ2v) is 12.4. The van der Waals surface area contributed by atoms with Gasteiger partial charge in [0.15, 0.2) is 11.6 Å². The number of carbonyl (C=O) groups is 1. The van der Waals surface area contributed by atoms with Crippen LogP contribution in [0.2, 0.25) is 0 Å². The smallest absolute Gasteiger partial charge is 0.266 e. The van der Waals surface area contributed by atoms with E-state index in [9.17, 15) is 4.79 Å². The predicted molar refractivity (Wildman–Crippen MR) is 177 cm³/mol. The van der Waals surface area contributed by atoms with Crippen LogP contribution in [0.1, 0.15) is 66.9 Å². The van der Waals surface area contributed by atoms with Gasteiger partial charge in [0.05, 0.1) is 13.2 Å². The highest BCUT2D eigenvalue weighted by Gasteiger charge is 2.54. The van der Waals surface area contributed by atoms with Gasteiger partial charge in [-0.05, 0) is 77.4 Å². The van der Waals surface area contributed by atoms with Crippen molar-refractivity contribution < 1.29 is 19.4 Å². The maximum Gasteiger partial charge on any atom is 0.266 e. The van der Waals surface area contributed by atoms with Gasteiger partial charge >= 0.3 is 0 Å². The number of nitrogens with zero attached hydrogens (tertiary/aromatic N) is 4. The standard InChI is InChI=1S/C34H39BrN6O4/c35-28-15-11-24(12-16-28)21-34(33(43)40-37-22-25-7-2-1-3-8-25)31(30-10-5-4-9-27(30)23-38-41-36)45-32(39-34)26-13-17-29(18-14-26)44-20-6-19-42/h4-5,9-18,25,31,37,42H,1-3,6-8,19-23H2,(H,40,43)/t31-,34-/m0/s1. The zero-order valence-corrected chi connectivity index (χ0v) is 26.8. The molecule has 10 nitrogen and oxygen atoms in total. The number of ether oxygens (including phenoxy) is 2. The normalized spacial score (nSPS) is 19.7. The van der Waals surface area contributed by atoms with Gasteiger partial charge in [-0.3, -0.25) is 10.2 Å². The number of hydrogen-bond donors (Lipinski definition) is 3. The van der Waals surface area contributed by atoms with Gasteiger partial charge in [-0.15, -0.1) is 0 Å². The van der Waals surface area contributed by atoms with Gasteiger partial charge in [-0.25, -0.2) is 10.4 Å². The van der Waals surface area contributed by atoms with E-state index in [-0.39, 0.29) is 25.5 Å². The van der Waals surface area contributed by atoms with E-state index in [1.807, 2.05) is 72.8 Å². The van der Waals surface area contributed by atoms with Crippen LogP contribution in [-0.2, 0) is 22.5 Å². The summed E-state index contributed by atoms with van der Waals surface area (Å²) in [7, 11) is 0. The van der Waals surface area contributed by atoms with Crippen molar-refractivity contribution >= 4 is 27.7 Å². The lowest BCUT2D eigenvalue weighted by Gasteiger charge is -2.32. The number of amides is 1. The van der Waals surface area contributed by atoms with Crippen LogP contribution in [0.4, 0.5) is 0 Å². The minimum Gasteiger partial charge on any atom is -0.494 e. The average Bonchev–Trinajstić information content (AvgIpc) is 3.46. The number of benzene rings is 3. The van der Waals surface area contributed by atoms with Crippen LogP contribution in [0.3, 0.4) is 0 Å². The van der Waals surface area contributed by atoms with E-state index in [1.54, 1.807) is 0 Å². The number of nitrogens with one attached hydrogen (secondary N) is 2. The van der Waals surface area contributed by atoms with Crippen molar-refractivity contribution in [3.8, 4) is 5.75 Å². The Morgan fingerprint density at radius 1 is 1.09 bits per heavy atom. The number of hydrazine groups is 1. The van der Waals surface area contributed by atoms with Crippen LogP contribution >= 0.6 is 15.9 Å². The van der Waals surface area contributed by atoms with Crippen molar-refractivity contribution in [1.29, 1.82) is 0 Å². The topological polar surface area (TPSA) is 141 Å². The molecule has 3 aromatic rings. The summed E-state index contributed by atoms with van der Waals surface area (Å²) < 4.78 is 13.3. The molecular weight excluding hydrogens is 636 g/mol. The van der Waals surface area contributed by atoms with Gasteiger partial charge < -0.3 is 14.6 Å². The van der Waals surface area contributed by atoms with E-state index in [0.717, 1.165) is 34.0 Å². The summed E-state index contributed by atoms with van der Waals surface area (Å²) in [5.74, 6) is 1.20. The maximum absolute atomic E-state index is 14.5. The maximum atomic E-state index is 14.5. The molecule has 0 radical (unpaired) electrons. The molecule has 1 saturated carbocycles. The predicted octanol–water partition coefficient (Wildman–Crippen LogP) is 6.72. The molecule has 3 aromatic carbocycles. The van der Waals surface area contributed by atoms with Crippen LogP contribution in [0, 0.1) is 5.92 Å². The summed E-state index contributed by atoms with van der Waals surface area (Å²) in [5, 5.41) is 12.9. The fourth-order valence-corrected chi connectivity index (χ4v) is 6.25. The number of halogens is 1. The number of rotatable bonds is 14. The first-order chi connectivity index (χ1) is 22.0. The van der Waals surface area contributed by atoms with Gasteiger partial charge in [0, 0.05) is 40.9 Å². The van der Waals surface area contributed by atoms with Gasteiger partial charge in [-0.1, -0.05) is 76.7 Å². The summed E-state index contributed by atoms with van der Waals surface area (Å²) in [5.41, 5.74) is 17.0. The van der Waals surface area contributed by atoms with Crippen LogP contribution in [0.15, 0.2) is 87.4 Å². The highest BCUT2D eigenvalue weighted by molar-refractivity contribution is 9.10. The third-order valence-electron chi connectivity index (χ3n) is 8.38. The molecule has 236 valence electrons. The lowest BCUT2D eigenvalue weighted by Crippen LogP contribution is -2.54. The molecule has 2 atom stereocenters. The van der Waals surface area contributed by atoms with E-state index < -0.39 is 11.6 Å². The van der Waals surface area contributed by atoms with Crippen molar-refractivity contribution in [2.75, 3.05) is 19.8 Å². The Balaban J connectivity index is 1.54. The highest BCUT2D eigenvalue weighted by Crippen LogP contribution is 2.44. The van der Waals surface area contributed by atoms with E-state index >= 15 is 0 Å². The minimum absolute atomic E-state index is 0.0588. The minimum atomic E-state index is -1.38. The van der Waals surface area contributed by atoms with Crippen molar-refractivity contribution in [3.05, 3.63) is 110 Å². The molecule has 0 aromatic heterocycles. The summed E-state index contributed by atoms with van der Waals surface area (Å²) in [4.78, 5) is 22.5. The highest BCUT2D eigenvalue weighted by atomic mass is 79.9. The zero-order chi connectivity index (χ0) is 31.5. The summed E-state index contributed by atoms with van der Waals surface area (Å²) in [6.07, 6.45) is 5.98. The van der Waals surface area contributed by atoms with Crippen molar-refractivity contribution in [3.63, 3.8) is 0 Å². The van der Waals surface area contributed by atoms with Gasteiger partial charge in [-0.2, -0.15) is 0 Å². The van der Waals surface area contributed by atoms with Crippen molar-refractivity contribution in [1.82, 2.24) is 10.9 Å². The van der Waals surface area contributed by atoms with E-state index in [4.69, 9.17) is 25.1 Å². The summed E-state index contributed by atoms with van der Waals surface area (Å²) in [6, 6.07) is 22.7. The Morgan fingerprint density at radius 2 is 1.84 bits per heavy atom. The molecule has 1 aliphatic heterocycles. The third kappa shape index (κ3) is 8.23. The lowest BCUT2D eigenvalue weighted by atomic mass is 9.80. The Hall–Kier alpha value is -3.89. The molecule has 0 unspecified atom stereocenters. The van der Waals surface area contributed by atoms with Crippen LogP contribution < -0.4 is 15.6 Å². The lowest BCUT2D eigenvalue weighted by molar-refractivity contribution is -0.130. The fraction of sp³-hybridized carbons (Fsp3) is 0.412. The molecule has 11 heteroatoms. The molecule has 45 heavy (non-hydrogen) atoms. The second-order valence-electron chi connectivity index (χ2n) is 11.5. The summed E-state index contributed by atoms with van der Waals surface area (Å²) in [6.45, 7) is 1.26. The number of carbonyl (C=O) groups excluding carboxylic acids is 1. The second kappa shape index (κ2) is 15.9. The van der Waals surface area contributed by atoms with E-state index in [2.05, 4.69) is 36.8 Å². The van der Waals surface area contributed by atoms with Gasteiger partial charge in [0.25, 0.3) is 5.91 Å². The van der Waals surface area contributed by atoms with Gasteiger partial charge in [0.1, 0.15) is 5.75 Å². The number of hydrogen-bond acceptors (Lipinski definition) is 7. The fourth-order valence-electron chi connectivity index (χ4n) is 5.99. The van der Waals surface area contributed by atoms with E-state index in [0.29, 0.717) is 42.7 Å². The molecule has 5 rings (SSSR count). The first-order valence-electron chi connectivity index (χ1n) is 15.5. The molecule has 3 N–H and O–H groups in total. The van der Waals surface area contributed by atoms with Crippen molar-refractivity contribution in [2.24, 2.45) is 16.0 Å². The third-order valence-corrected chi connectivity index (χ3v) is 8.90. The van der Waals surface area contributed by atoms with Crippen LogP contribution in [0.5, 0.6) is 5.75 Å². The van der Waals surface area contributed by atoms with Crippen LogP contribution in [0.25, 0.3) is 10.4 Å². The Labute approximate surface area is 272 Å². The molecule has 1 fully saturated rings. The monoisotopic (exact) mass is 674 g/mol. The number of aliphatic hydroxyl groups is 1. The quantitative estimate of drug-likeness (QED) is 0.0572. The molecule has 0 bridgehead atoms. The molecule has 2 aliphatic rings. The molecule has 1 amide bonds. The number of aliphatic imine (C=N–C) groups is 1. The molecule has 1 aliphatic carbocycles. The number of azide groups is 1. The van der Waals surface area contributed by atoms with E-state index in [1.165, 1.54) is 19.3 Å².